The van der Waals surface area contributed by atoms with Crippen LogP contribution in [-0.2, 0) is 12.8 Å². The van der Waals surface area contributed by atoms with E-state index < -0.39 is 0 Å². The molecule has 0 radical (unpaired) electrons. The van der Waals surface area contributed by atoms with E-state index in [1.807, 2.05) is 25.2 Å². The Balaban J connectivity index is 1.78. The molecule has 2 aromatic rings. The summed E-state index contributed by atoms with van der Waals surface area (Å²) in [6.07, 6.45) is 3.88. The van der Waals surface area contributed by atoms with E-state index >= 15 is 0 Å². The molecular formula is C20H24N2O2. The highest BCUT2D eigenvalue weighted by Gasteiger charge is 2.23. The van der Waals surface area contributed by atoms with Crippen LogP contribution in [0.15, 0.2) is 42.5 Å². The second-order valence-corrected chi connectivity index (χ2v) is 6.32. The first-order valence-corrected chi connectivity index (χ1v) is 8.54. The number of hydrogen-bond donors (Lipinski definition) is 3. The smallest absolute Gasteiger partial charge is 0.255 e. The van der Waals surface area contributed by atoms with Crippen molar-refractivity contribution in [2.24, 2.45) is 0 Å². The van der Waals surface area contributed by atoms with Crippen LogP contribution in [0.1, 0.15) is 45.9 Å². The van der Waals surface area contributed by atoms with Crippen molar-refractivity contribution in [2.75, 3.05) is 13.6 Å². The number of carbonyl (C=O) groups is 1. The molecule has 24 heavy (non-hydrogen) atoms. The van der Waals surface area contributed by atoms with E-state index in [0.717, 1.165) is 37.8 Å². The quantitative estimate of drug-likeness (QED) is 0.792. The minimum Gasteiger partial charge on any atom is -0.507 e. The number of amides is 1. The summed E-state index contributed by atoms with van der Waals surface area (Å²) in [6, 6.07) is 13.5. The van der Waals surface area contributed by atoms with Crippen LogP contribution in [0, 0.1) is 0 Å². The normalized spacial score (nSPS) is 16.5. The molecule has 0 saturated carbocycles. The number of fused-ring (bicyclic) bond motifs is 1. The number of benzene rings is 2. The van der Waals surface area contributed by atoms with E-state index in [1.165, 1.54) is 11.1 Å². The zero-order valence-electron chi connectivity index (χ0n) is 14.0. The van der Waals surface area contributed by atoms with Gasteiger partial charge in [0, 0.05) is 0 Å². The van der Waals surface area contributed by atoms with E-state index in [4.69, 9.17) is 0 Å². The number of phenols is 1. The number of aromatic hydroxyl groups is 1. The molecule has 1 amide bonds. The molecule has 0 fully saturated rings. The summed E-state index contributed by atoms with van der Waals surface area (Å²) in [4.78, 5) is 12.7. The average molecular weight is 324 g/mol. The van der Waals surface area contributed by atoms with Gasteiger partial charge in [0.1, 0.15) is 5.75 Å². The predicted octanol–water partition coefficient (Wildman–Crippen LogP) is 2.96. The molecule has 126 valence electrons. The zero-order valence-corrected chi connectivity index (χ0v) is 14.0. The Kier molecular flexibility index (Phi) is 5.16. The van der Waals surface area contributed by atoms with Crippen molar-refractivity contribution in [3.05, 3.63) is 64.7 Å². The van der Waals surface area contributed by atoms with Crippen molar-refractivity contribution in [1.82, 2.24) is 10.6 Å². The lowest BCUT2D eigenvalue weighted by Gasteiger charge is -2.26. The summed E-state index contributed by atoms with van der Waals surface area (Å²) in [5.74, 6) is -0.176. The van der Waals surface area contributed by atoms with Gasteiger partial charge in [0.2, 0.25) is 0 Å². The Morgan fingerprint density at radius 3 is 2.92 bits per heavy atom. The lowest BCUT2D eigenvalue weighted by Crippen LogP contribution is -2.31. The number of nitrogens with one attached hydrogen (secondary N) is 2. The van der Waals surface area contributed by atoms with E-state index in [-0.39, 0.29) is 17.7 Å². The Morgan fingerprint density at radius 2 is 2.08 bits per heavy atom. The topological polar surface area (TPSA) is 61.4 Å². The standard InChI is InChI=1S/C20H24N2O2/c1-21-12-11-14-9-10-19(23)17(13-14)20(24)22-18-8-4-6-15-5-2-3-7-16(15)18/h2-3,5,7,9-10,13,18,21,23H,4,6,8,11-12H2,1H3,(H,22,24). The van der Waals surface area contributed by atoms with Crippen LogP contribution < -0.4 is 10.6 Å². The third-order valence-electron chi connectivity index (χ3n) is 4.64. The second-order valence-electron chi connectivity index (χ2n) is 6.32. The maximum Gasteiger partial charge on any atom is 0.255 e. The molecule has 3 N–H and O–H groups in total. The third-order valence-corrected chi connectivity index (χ3v) is 4.64. The first kappa shape index (κ1) is 16.5. The molecule has 0 heterocycles. The van der Waals surface area contributed by atoms with Gasteiger partial charge in [-0.05, 0) is 68.1 Å². The number of carbonyl (C=O) groups excluding carboxylic acids is 1. The monoisotopic (exact) mass is 324 g/mol. The van der Waals surface area contributed by atoms with E-state index in [0.29, 0.717) is 5.56 Å². The van der Waals surface area contributed by atoms with Gasteiger partial charge in [-0.3, -0.25) is 4.79 Å². The summed E-state index contributed by atoms with van der Waals surface area (Å²) in [5.41, 5.74) is 3.90. The zero-order chi connectivity index (χ0) is 16.9. The van der Waals surface area contributed by atoms with Gasteiger partial charge >= 0.3 is 0 Å². The molecule has 2 aromatic carbocycles. The highest BCUT2D eigenvalue weighted by molar-refractivity contribution is 5.97. The first-order valence-electron chi connectivity index (χ1n) is 8.54. The molecule has 1 aliphatic rings. The molecule has 1 unspecified atom stereocenters. The molecule has 0 bridgehead atoms. The van der Waals surface area contributed by atoms with Gasteiger partial charge in [0.25, 0.3) is 5.91 Å². The largest absolute Gasteiger partial charge is 0.507 e. The van der Waals surface area contributed by atoms with Crippen LogP contribution in [0.2, 0.25) is 0 Å². The SMILES string of the molecule is CNCCc1ccc(O)c(C(=O)NC2CCCc3ccccc32)c1. The van der Waals surface area contributed by atoms with Crippen LogP contribution in [0.3, 0.4) is 0 Å². The summed E-state index contributed by atoms with van der Waals surface area (Å²) >= 11 is 0. The maximum atomic E-state index is 12.7. The molecule has 0 aliphatic heterocycles. The van der Waals surface area contributed by atoms with Crippen molar-refractivity contribution in [3.63, 3.8) is 0 Å². The Bertz CT molecular complexity index is 727. The highest BCUT2D eigenvalue weighted by Crippen LogP contribution is 2.30. The lowest BCUT2D eigenvalue weighted by atomic mass is 9.87. The van der Waals surface area contributed by atoms with Crippen LogP contribution in [0.5, 0.6) is 5.75 Å². The molecule has 1 atom stereocenters. The average Bonchev–Trinajstić information content (AvgIpc) is 2.61. The number of likely N-dealkylation sites (N-methyl/N-ethyl adjacent to an activating group) is 1. The van der Waals surface area contributed by atoms with Crippen molar-refractivity contribution in [2.45, 2.75) is 31.7 Å². The number of rotatable bonds is 5. The first-order chi connectivity index (χ1) is 11.7. The summed E-state index contributed by atoms with van der Waals surface area (Å²) in [5, 5.41) is 16.3. The van der Waals surface area contributed by atoms with Gasteiger partial charge in [-0.1, -0.05) is 30.3 Å². The molecule has 1 aliphatic carbocycles. The Labute approximate surface area is 142 Å². The predicted molar refractivity (Wildman–Crippen MR) is 95.3 cm³/mol. The Morgan fingerprint density at radius 1 is 1.25 bits per heavy atom. The van der Waals surface area contributed by atoms with Crippen molar-refractivity contribution in [3.8, 4) is 5.75 Å². The molecular weight excluding hydrogens is 300 g/mol. The number of phenolic OH excluding ortho intramolecular Hbond substituents is 1. The van der Waals surface area contributed by atoms with E-state index in [2.05, 4.69) is 22.8 Å². The fourth-order valence-electron chi connectivity index (χ4n) is 3.33. The number of aryl methyl sites for hydroxylation is 1. The van der Waals surface area contributed by atoms with Gasteiger partial charge in [-0.25, -0.2) is 0 Å². The van der Waals surface area contributed by atoms with Crippen molar-refractivity contribution in [1.29, 1.82) is 0 Å². The fraction of sp³-hybridized carbons (Fsp3) is 0.350. The second kappa shape index (κ2) is 7.49. The van der Waals surface area contributed by atoms with Gasteiger partial charge in [-0.15, -0.1) is 0 Å². The molecule has 0 spiro atoms. The summed E-state index contributed by atoms with van der Waals surface area (Å²) < 4.78 is 0. The van der Waals surface area contributed by atoms with Crippen LogP contribution >= 0.6 is 0 Å². The minimum atomic E-state index is -0.208. The van der Waals surface area contributed by atoms with Gasteiger partial charge in [0.05, 0.1) is 11.6 Å². The van der Waals surface area contributed by atoms with E-state index in [9.17, 15) is 9.90 Å². The van der Waals surface area contributed by atoms with Crippen molar-refractivity contribution >= 4 is 5.91 Å². The maximum absolute atomic E-state index is 12.7. The van der Waals surface area contributed by atoms with Gasteiger partial charge in [0.15, 0.2) is 0 Å². The molecule has 3 rings (SSSR count). The third kappa shape index (κ3) is 3.60. The molecule has 0 aromatic heterocycles. The van der Waals surface area contributed by atoms with Gasteiger partial charge < -0.3 is 15.7 Å². The lowest BCUT2D eigenvalue weighted by molar-refractivity contribution is 0.0930. The molecule has 4 heteroatoms. The number of hydrogen-bond acceptors (Lipinski definition) is 3. The van der Waals surface area contributed by atoms with Crippen LogP contribution in [0.25, 0.3) is 0 Å². The Hall–Kier alpha value is -2.33. The van der Waals surface area contributed by atoms with Crippen LogP contribution in [-0.4, -0.2) is 24.6 Å². The fourth-order valence-corrected chi connectivity index (χ4v) is 3.33. The van der Waals surface area contributed by atoms with Gasteiger partial charge in [-0.2, -0.15) is 0 Å². The van der Waals surface area contributed by atoms with Crippen molar-refractivity contribution < 1.29 is 9.90 Å². The molecule has 0 saturated heterocycles. The molecule has 4 nitrogen and oxygen atoms in total. The minimum absolute atomic E-state index is 0.0165. The highest BCUT2D eigenvalue weighted by atomic mass is 16.3. The van der Waals surface area contributed by atoms with Crippen LogP contribution in [0.4, 0.5) is 0 Å². The summed E-state index contributed by atoms with van der Waals surface area (Å²) in [7, 11) is 1.90. The summed E-state index contributed by atoms with van der Waals surface area (Å²) in [6.45, 7) is 0.835. The van der Waals surface area contributed by atoms with E-state index in [1.54, 1.807) is 12.1 Å².